The van der Waals surface area contributed by atoms with Crippen molar-refractivity contribution in [3.8, 4) is 5.75 Å². The molecular weight excluding hydrogens is 296 g/mol. The molecule has 0 radical (unpaired) electrons. The second-order valence-electron chi connectivity index (χ2n) is 4.66. The summed E-state index contributed by atoms with van der Waals surface area (Å²) in [5, 5.41) is 0. The molecule has 2 rings (SSSR count). The minimum absolute atomic E-state index is 0.147. The average Bonchev–Trinajstić information content (AvgIpc) is 2.78. The monoisotopic (exact) mass is 312 g/mol. The van der Waals surface area contributed by atoms with Crippen LogP contribution in [0.15, 0.2) is 22.7 Å². The van der Waals surface area contributed by atoms with E-state index in [1.54, 1.807) is 7.11 Å². The van der Waals surface area contributed by atoms with Crippen LogP contribution in [0.4, 0.5) is 0 Å². The molecule has 1 aliphatic rings. The molecule has 3 nitrogen and oxygen atoms in total. The molecule has 0 aromatic heterocycles. The third-order valence-corrected chi connectivity index (χ3v) is 4.10. The molecular formula is C14H17BrO3. The topological polar surface area (TPSA) is 35.5 Å². The number of carbonyl (C=O) groups is 1. The van der Waals surface area contributed by atoms with Crippen molar-refractivity contribution < 1.29 is 14.3 Å². The molecule has 1 aromatic carbocycles. The lowest BCUT2D eigenvalue weighted by atomic mass is 9.96. The van der Waals surface area contributed by atoms with Crippen LogP contribution in [0.5, 0.6) is 5.75 Å². The normalized spacial score (nSPS) is 23.1. The van der Waals surface area contributed by atoms with Gasteiger partial charge >= 0.3 is 0 Å². The molecule has 0 spiro atoms. The quantitative estimate of drug-likeness (QED) is 0.857. The first-order valence-electron chi connectivity index (χ1n) is 6.08. The minimum atomic E-state index is -0.247. The van der Waals surface area contributed by atoms with E-state index in [0.29, 0.717) is 18.9 Å². The smallest absolute Gasteiger partial charge is 0.166 e. The summed E-state index contributed by atoms with van der Waals surface area (Å²) in [6.07, 6.45) is 1.10. The number of hydrogen-bond donors (Lipinski definition) is 0. The van der Waals surface area contributed by atoms with Crippen LogP contribution in [-0.2, 0) is 16.0 Å². The summed E-state index contributed by atoms with van der Waals surface area (Å²) in [5.41, 5.74) is 0.946. The molecule has 4 heteroatoms. The zero-order chi connectivity index (χ0) is 13.1. The fourth-order valence-corrected chi connectivity index (χ4v) is 2.60. The predicted molar refractivity (Wildman–Crippen MR) is 72.9 cm³/mol. The van der Waals surface area contributed by atoms with Gasteiger partial charge in [0.05, 0.1) is 7.11 Å². The maximum atomic E-state index is 12.2. The lowest BCUT2D eigenvalue weighted by Gasteiger charge is -2.14. The third-order valence-electron chi connectivity index (χ3n) is 3.32. The van der Waals surface area contributed by atoms with E-state index in [9.17, 15) is 4.79 Å². The SMILES string of the molecule is COc1ccc(Br)c(CC(=O)C2OCCC2C)c1. The zero-order valence-corrected chi connectivity index (χ0v) is 12.2. The van der Waals surface area contributed by atoms with Crippen molar-refractivity contribution in [1.82, 2.24) is 0 Å². The highest BCUT2D eigenvalue weighted by atomic mass is 79.9. The summed E-state index contributed by atoms with van der Waals surface area (Å²) in [7, 11) is 1.62. The van der Waals surface area contributed by atoms with Gasteiger partial charge in [0.25, 0.3) is 0 Å². The van der Waals surface area contributed by atoms with E-state index in [0.717, 1.165) is 22.2 Å². The second-order valence-corrected chi connectivity index (χ2v) is 5.51. The van der Waals surface area contributed by atoms with Gasteiger partial charge in [-0.1, -0.05) is 22.9 Å². The first kappa shape index (κ1) is 13.6. The van der Waals surface area contributed by atoms with E-state index < -0.39 is 0 Å². The van der Waals surface area contributed by atoms with Crippen LogP contribution < -0.4 is 4.74 Å². The van der Waals surface area contributed by atoms with Crippen molar-refractivity contribution in [3.63, 3.8) is 0 Å². The fourth-order valence-electron chi connectivity index (χ4n) is 2.21. The predicted octanol–water partition coefficient (Wildman–Crippen LogP) is 2.99. The van der Waals surface area contributed by atoms with Crippen molar-refractivity contribution in [3.05, 3.63) is 28.2 Å². The Labute approximate surface area is 116 Å². The Morgan fingerprint density at radius 2 is 2.33 bits per heavy atom. The maximum absolute atomic E-state index is 12.2. The van der Waals surface area contributed by atoms with Gasteiger partial charge in [-0.2, -0.15) is 0 Å². The summed E-state index contributed by atoms with van der Waals surface area (Å²) in [6, 6.07) is 5.66. The first-order chi connectivity index (χ1) is 8.61. The number of halogens is 1. The molecule has 1 saturated heterocycles. The van der Waals surface area contributed by atoms with Gasteiger partial charge in [-0.15, -0.1) is 0 Å². The molecule has 1 aromatic rings. The summed E-state index contributed by atoms with van der Waals surface area (Å²) in [5.74, 6) is 1.23. The number of ketones is 1. The Morgan fingerprint density at radius 3 is 2.94 bits per heavy atom. The lowest BCUT2D eigenvalue weighted by molar-refractivity contribution is -0.128. The van der Waals surface area contributed by atoms with Crippen LogP contribution in [0.3, 0.4) is 0 Å². The Bertz CT molecular complexity index is 445. The van der Waals surface area contributed by atoms with Crippen molar-refractivity contribution >= 4 is 21.7 Å². The number of benzene rings is 1. The van der Waals surface area contributed by atoms with Crippen molar-refractivity contribution in [1.29, 1.82) is 0 Å². The van der Waals surface area contributed by atoms with E-state index in [4.69, 9.17) is 9.47 Å². The molecule has 0 amide bonds. The van der Waals surface area contributed by atoms with E-state index in [-0.39, 0.29) is 11.9 Å². The Hall–Kier alpha value is -0.870. The van der Waals surface area contributed by atoms with Gasteiger partial charge < -0.3 is 9.47 Å². The highest BCUT2D eigenvalue weighted by Gasteiger charge is 2.30. The van der Waals surface area contributed by atoms with Crippen LogP contribution in [0, 0.1) is 5.92 Å². The summed E-state index contributed by atoms with van der Waals surface area (Å²) in [6.45, 7) is 2.76. The first-order valence-corrected chi connectivity index (χ1v) is 6.88. The van der Waals surface area contributed by atoms with E-state index >= 15 is 0 Å². The summed E-state index contributed by atoms with van der Waals surface area (Å²) < 4.78 is 11.6. The molecule has 2 atom stereocenters. The van der Waals surface area contributed by atoms with Crippen molar-refractivity contribution in [2.45, 2.75) is 25.9 Å². The van der Waals surface area contributed by atoms with Gasteiger partial charge in [0.1, 0.15) is 11.9 Å². The van der Waals surface area contributed by atoms with Gasteiger partial charge in [0.15, 0.2) is 5.78 Å². The maximum Gasteiger partial charge on any atom is 0.166 e. The minimum Gasteiger partial charge on any atom is -0.497 e. The molecule has 0 aliphatic carbocycles. The highest BCUT2D eigenvalue weighted by molar-refractivity contribution is 9.10. The molecule has 1 aliphatic heterocycles. The van der Waals surface area contributed by atoms with Crippen LogP contribution in [0.1, 0.15) is 18.9 Å². The van der Waals surface area contributed by atoms with E-state index in [2.05, 4.69) is 22.9 Å². The number of methoxy groups -OCH3 is 1. The number of ether oxygens (including phenoxy) is 2. The molecule has 0 N–H and O–H groups in total. The van der Waals surface area contributed by atoms with Crippen LogP contribution in [0.2, 0.25) is 0 Å². The summed E-state index contributed by atoms with van der Waals surface area (Å²) >= 11 is 3.46. The highest BCUT2D eigenvalue weighted by Crippen LogP contribution is 2.26. The molecule has 2 unspecified atom stereocenters. The van der Waals surface area contributed by atoms with E-state index in [1.807, 2.05) is 18.2 Å². The average molecular weight is 313 g/mol. The lowest BCUT2D eigenvalue weighted by Crippen LogP contribution is -2.26. The number of rotatable bonds is 4. The van der Waals surface area contributed by atoms with Gasteiger partial charge in [-0.05, 0) is 36.1 Å². The zero-order valence-electron chi connectivity index (χ0n) is 10.6. The Kier molecular flexibility index (Phi) is 4.40. The van der Waals surface area contributed by atoms with Crippen LogP contribution in [-0.4, -0.2) is 25.6 Å². The van der Waals surface area contributed by atoms with Gasteiger partial charge in [0, 0.05) is 17.5 Å². The largest absolute Gasteiger partial charge is 0.497 e. The van der Waals surface area contributed by atoms with Crippen molar-refractivity contribution in [2.75, 3.05) is 13.7 Å². The number of carbonyl (C=O) groups excluding carboxylic acids is 1. The Balaban J connectivity index is 2.11. The third kappa shape index (κ3) is 2.93. The van der Waals surface area contributed by atoms with Crippen LogP contribution in [0.25, 0.3) is 0 Å². The number of hydrogen-bond acceptors (Lipinski definition) is 3. The summed E-state index contributed by atoms with van der Waals surface area (Å²) in [4.78, 5) is 12.2. The molecule has 0 saturated carbocycles. The molecule has 1 fully saturated rings. The molecule has 1 heterocycles. The van der Waals surface area contributed by atoms with Gasteiger partial charge in [-0.25, -0.2) is 0 Å². The van der Waals surface area contributed by atoms with Gasteiger partial charge in [-0.3, -0.25) is 4.79 Å². The molecule has 0 bridgehead atoms. The van der Waals surface area contributed by atoms with Gasteiger partial charge in [0.2, 0.25) is 0 Å². The number of Topliss-reactive ketones (excluding diaryl/α,β-unsaturated/α-hetero) is 1. The second kappa shape index (κ2) is 5.85. The van der Waals surface area contributed by atoms with Crippen molar-refractivity contribution in [2.24, 2.45) is 5.92 Å². The van der Waals surface area contributed by atoms with Crippen LogP contribution >= 0.6 is 15.9 Å². The Morgan fingerprint density at radius 1 is 1.56 bits per heavy atom. The standard InChI is InChI=1S/C14H17BrO3/c1-9-5-6-18-14(9)13(16)8-10-7-11(17-2)3-4-12(10)15/h3-4,7,9,14H,5-6,8H2,1-2H3. The molecule has 18 heavy (non-hydrogen) atoms. The fraction of sp³-hybridized carbons (Fsp3) is 0.500. The molecule has 98 valence electrons. The van der Waals surface area contributed by atoms with E-state index in [1.165, 1.54) is 0 Å².